The van der Waals surface area contributed by atoms with Gasteiger partial charge in [0, 0.05) is 6.54 Å². The van der Waals surface area contributed by atoms with E-state index in [9.17, 15) is 14.7 Å². The van der Waals surface area contributed by atoms with Gasteiger partial charge in [-0.05, 0) is 22.9 Å². The van der Waals surface area contributed by atoms with E-state index in [1.807, 2.05) is 24.3 Å². The zero-order valence-corrected chi connectivity index (χ0v) is 11.1. The second kappa shape index (κ2) is 6.06. The Morgan fingerprint density at radius 1 is 1.20 bits per heavy atom. The molecule has 5 nitrogen and oxygen atoms in total. The first-order chi connectivity index (χ1) is 9.61. The van der Waals surface area contributed by atoms with Gasteiger partial charge in [-0.2, -0.15) is 0 Å². The van der Waals surface area contributed by atoms with Crippen LogP contribution in [0.3, 0.4) is 0 Å². The molecule has 5 heteroatoms. The van der Waals surface area contributed by atoms with Crippen LogP contribution in [0, 0.1) is 0 Å². The molecule has 0 radical (unpaired) electrons. The fraction of sp³-hybridized carbons (Fsp3) is 0.200. The number of methoxy groups -OCH3 is 1. The van der Waals surface area contributed by atoms with Crippen LogP contribution in [-0.4, -0.2) is 30.6 Å². The fourth-order valence-electron chi connectivity index (χ4n) is 1.89. The number of phenolic OH excluding ortho intramolecular Hbond substituents is 1. The van der Waals surface area contributed by atoms with E-state index in [0.29, 0.717) is 0 Å². The number of ether oxygens (including phenoxy) is 1. The lowest BCUT2D eigenvalue weighted by Crippen LogP contribution is -2.26. The Kier molecular flexibility index (Phi) is 4.20. The average molecular weight is 273 g/mol. The van der Waals surface area contributed by atoms with Gasteiger partial charge < -0.3 is 15.2 Å². The summed E-state index contributed by atoms with van der Waals surface area (Å²) in [5, 5.41) is 14.2. The van der Waals surface area contributed by atoms with Gasteiger partial charge in [-0.25, -0.2) is 0 Å². The van der Waals surface area contributed by atoms with Crippen molar-refractivity contribution < 1.29 is 19.4 Å². The van der Waals surface area contributed by atoms with Crippen molar-refractivity contribution in [3.63, 3.8) is 0 Å². The van der Waals surface area contributed by atoms with E-state index in [4.69, 9.17) is 0 Å². The van der Waals surface area contributed by atoms with E-state index in [-0.39, 0.29) is 24.3 Å². The summed E-state index contributed by atoms with van der Waals surface area (Å²) in [6, 6.07) is 10.6. The highest BCUT2D eigenvalue weighted by Crippen LogP contribution is 2.24. The zero-order valence-electron chi connectivity index (χ0n) is 11.1. The second-order valence-corrected chi connectivity index (χ2v) is 4.30. The molecule has 2 aromatic carbocycles. The third kappa shape index (κ3) is 3.06. The standard InChI is InChI=1S/C15H15NO4/c1-20-14(18)6-7-16-15(19)12-8-10-4-2-3-5-11(10)9-13(12)17/h2-5,8-9,17H,6-7H2,1H3,(H,16,19). The Hall–Kier alpha value is -2.56. The Morgan fingerprint density at radius 3 is 2.50 bits per heavy atom. The van der Waals surface area contributed by atoms with Gasteiger partial charge in [0.2, 0.25) is 0 Å². The summed E-state index contributed by atoms with van der Waals surface area (Å²) in [7, 11) is 1.29. The SMILES string of the molecule is COC(=O)CCNC(=O)c1cc2ccccc2cc1O. The van der Waals surface area contributed by atoms with Crippen LogP contribution in [0.1, 0.15) is 16.8 Å². The largest absolute Gasteiger partial charge is 0.507 e. The van der Waals surface area contributed by atoms with E-state index in [1.165, 1.54) is 7.11 Å². The monoisotopic (exact) mass is 273 g/mol. The predicted octanol–water partition coefficient (Wildman–Crippen LogP) is 1.84. The minimum atomic E-state index is -0.419. The number of esters is 1. The van der Waals surface area contributed by atoms with Crippen molar-refractivity contribution in [3.8, 4) is 5.75 Å². The summed E-state index contributed by atoms with van der Waals surface area (Å²) in [6.45, 7) is 0.164. The van der Waals surface area contributed by atoms with Crippen molar-refractivity contribution in [3.05, 3.63) is 42.0 Å². The molecule has 1 amide bonds. The number of hydrogen-bond acceptors (Lipinski definition) is 4. The quantitative estimate of drug-likeness (QED) is 0.833. The molecule has 0 aliphatic carbocycles. The van der Waals surface area contributed by atoms with Gasteiger partial charge in [0.05, 0.1) is 19.1 Å². The Labute approximate surface area is 116 Å². The molecule has 0 atom stereocenters. The molecule has 104 valence electrons. The number of amides is 1. The highest BCUT2D eigenvalue weighted by molar-refractivity contribution is 6.01. The highest BCUT2D eigenvalue weighted by Gasteiger charge is 2.12. The average Bonchev–Trinajstić information content (AvgIpc) is 2.46. The van der Waals surface area contributed by atoms with Crippen LogP contribution >= 0.6 is 0 Å². The molecular weight excluding hydrogens is 258 g/mol. The molecule has 0 heterocycles. The molecule has 20 heavy (non-hydrogen) atoms. The third-order valence-corrected chi connectivity index (χ3v) is 2.95. The maximum atomic E-state index is 12.0. The molecule has 0 aliphatic heterocycles. The maximum absolute atomic E-state index is 12.0. The van der Waals surface area contributed by atoms with Crippen molar-refractivity contribution in [1.29, 1.82) is 0 Å². The molecule has 0 aliphatic rings. The molecule has 0 saturated heterocycles. The van der Waals surface area contributed by atoms with Gasteiger partial charge >= 0.3 is 5.97 Å². The van der Waals surface area contributed by atoms with Gasteiger partial charge in [0.15, 0.2) is 0 Å². The summed E-state index contributed by atoms with van der Waals surface area (Å²) in [5.41, 5.74) is 0.188. The number of benzene rings is 2. The first-order valence-corrected chi connectivity index (χ1v) is 6.18. The van der Waals surface area contributed by atoms with Gasteiger partial charge in [-0.15, -0.1) is 0 Å². The summed E-state index contributed by atoms with van der Waals surface area (Å²) < 4.78 is 4.48. The maximum Gasteiger partial charge on any atom is 0.307 e. The van der Waals surface area contributed by atoms with Crippen molar-refractivity contribution >= 4 is 22.6 Å². The predicted molar refractivity (Wildman–Crippen MR) is 74.6 cm³/mol. The van der Waals surface area contributed by atoms with E-state index in [2.05, 4.69) is 10.1 Å². The number of fused-ring (bicyclic) bond motifs is 1. The Morgan fingerprint density at radius 2 is 1.85 bits per heavy atom. The third-order valence-electron chi connectivity index (χ3n) is 2.95. The van der Waals surface area contributed by atoms with E-state index >= 15 is 0 Å². The van der Waals surface area contributed by atoms with Crippen molar-refractivity contribution in [2.75, 3.05) is 13.7 Å². The number of phenols is 1. The second-order valence-electron chi connectivity index (χ2n) is 4.30. The van der Waals surface area contributed by atoms with Crippen molar-refractivity contribution in [2.24, 2.45) is 0 Å². The van der Waals surface area contributed by atoms with Crippen LogP contribution in [-0.2, 0) is 9.53 Å². The summed E-state index contributed by atoms with van der Waals surface area (Å²) in [6.07, 6.45) is 0.0938. The van der Waals surface area contributed by atoms with Crippen LogP contribution in [0.25, 0.3) is 10.8 Å². The van der Waals surface area contributed by atoms with Gasteiger partial charge in [0.1, 0.15) is 5.75 Å². The molecule has 0 aromatic heterocycles. The molecule has 2 aromatic rings. The molecule has 0 unspecified atom stereocenters. The molecule has 0 fully saturated rings. The van der Waals surface area contributed by atoms with Crippen LogP contribution in [0.5, 0.6) is 5.75 Å². The lowest BCUT2D eigenvalue weighted by molar-refractivity contribution is -0.140. The lowest BCUT2D eigenvalue weighted by atomic mass is 10.1. The van der Waals surface area contributed by atoms with Gasteiger partial charge in [-0.3, -0.25) is 9.59 Å². The molecular formula is C15H15NO4. The number of hydrogen-bond donors (Lipinski definition) is 2. The summed E-state index contributed by atoms with van der Waals surface area (Å²) in [4.78, 5) is 22.9. The van der Waals surface area contributed by atoms with Crippen LogP contribution in [0.15, 0.2) is 36.4 Å². The van der Waals surface area contributed by atoms with Crippen molar-refractivity contribution in [2.45, 2.75) is 6.42 Å². The number of carbonyl (C=O) groups is 2. The number of carbonyl (C=O) groups excluding carboxylic acids is 2. The summed E-state index contributed by atoms with van der Waals surface area (Å²) in [5.74, 6) is -0.899. The Balaban J connectivity index is 2.13. The van der Waals surface area contributed by atoms with E-state index < -0.39 is 11.9 Å². The topological polar surface area (TPSA) is 75.6 Å². The molecule has 2 rings (SSSR count). The molecule has 0 saturated carbocycles. The fourth-order valence-corrected chi connectivity index (χ4v) is 1.89. The van der Waals surface area contributed by atoms with Crippen LogP contribution in [0.2, 0.25) is 0 Å². The van der Waals surface area contributed by atoms with E-state index in [0.717, 1.165) is 10.8 Å². The number of aromatic hydroxyl groups is 1. The van der Waals surface area contributed by atoms with Gasteiger partial charge in [-0.1, -0.05) is 24.3 Å². The molecule has 0 bridgehead atoms. The highest BCUT2D eigenvalue weighted by atomic mass is 16.5. The van der Waals surface area contributed by atoms with Crippen LogP contribution in [0.4, 0.5) is 0 Å². The minimum Gasteiger partial charge on any atom is -0.507 e. The first kappa shape index (κ1) is 13.9. The Bertz CT molecular complexity index is 651. The smallest absolute Gasteiger partial charge is 0.307 e. The lowest BCUT2D eigenvalue weighted by Gasteiger charge is -2.08. The summed E-state index contributed by atoms with van der Waals surface area (Å²) >= 11 is 0. The molecule has 0 spiro atoms. The van der Waals surface area contributed by atoms with Crippen LogP contribution < -0.4 is 5.32 Å². The first-order valence-electron chi connectivity index (χ1n) is 6.18. The van der Waals surface area contributed by atoms with Crippen molar-refractivity contribution in [1.82, 2.24) is 5.32 Å². The minimum absolute atomic E-state index is 0.0840. The van der Waals surface area contributed by atoms with E-state index in [1.54, 1.807) is 12.1 Å². The van der Waals surface area contributed by atoms with Gasteiger partial charge in [0.25, 0.3) is 5.91 Å². The molecule has 2 N–H and O–H groups in total. The normalized spacial score (nSPS) is 10.2. The zero-order chi connectivity index (χ0) is 14.5. The number of rotatable bonds is 4. The number of nitrogens with one attached hydrogen (secondary N) is 1.